The summed E-state index contributed by atoms with van der Waals surface area (Å²) in [6.45, 7) is 3.83. The lowest BCUT2D eigenvalue weighted by Crippen LogP contribution is -2.32. The van der Waals surface area contributed by atoms with Crippen LogP contribution in [0.1, 0.15) is 11.4 Å². The highest BCUT2D eigenvalue weighted by molar-refractivity contribution is 6.60. The largest absolute Gasteiger partial charge is 0.340 e. The highest BCUT2D eigenvalue weighted by Gasteiger charge is 2.07. The van der Waals surface area contributed by atoms with Gasteiger partial charge in [-0.15, -0.1) is 6.42 Å². The van der Waals surface area contributed by atoms with E-state index in [-0.39, 0.29) is 12.3 Å². The number of nitrogens with two attached hydrogens (primary N) is 1. The average molecular weight is 257 g/mol. The molecular formula is C13H15N5O. The number of terminal acetylenes is 1. The second kappa shape index (κ2) is 6.91. The number of rotatable bonds is 4. The SMILES string of the molecule is C#CCNC(=O)/C(C=Nc1ccc(C)nc1C)=N/N. The van der Waals surface area contributed by atoms with Crippen molar-refractivity contribution >= 4 is 23.5 Å². The summed E-state index contributed by atoms with van der Waals surface area (Å²) >= 11 is 0. The molecule has 1 amide bonds. The van der Waals surface area contributed by atoms with Gasteiger partial charge in [0.2, 0.25) is 0 Å². The van der Waals surface area contributed by atoms with Crippen LogP contribution in [0.25, 0.3) is 0 Å². The maximum absolute atomic E-state index is 11.6. The molecule has 19 heavy (non-hydrogen) atoms. The molecule has 98 valence electrons. The lowest BCUT2D eigenvalue weighted by molar-refractivity contribution is -0.114. The van der Waals surface area contributed by atoms with E-state index >= 15 is 0 Å². The second-order valence-corrected chi connectivity index (χ2v) is 3.72. The van der Waals surface area contributed by atoms with Crippen LogP contribution in [0.2, 0.25) is 0 Å². The van der Waals surface area contributed by atoms with Crippen molar-refractivity contribution < 1.29 is 4.79 Å². The molecular weight excluding hydrogens is 242 g/mol. The van der Waals surface area contributed by atoms with E-state index in [0.29, 0.717) is 5.69 Å². The fourth-order valence-corrected chi connectivity index (χ4v) is 1.32. The quantitative estimate of drug-likeness (QED) is 0.355. The zero-order valence-electron chi connectivity index (χ0n) is 10.8. The minimum Gasteiger partial charge on any atom is -0.340 e. The van der Waals surface area contributed by atoms with Crippen LogP contribution in [0.4, 0.5) is 5.69 Å². The zero-order chi connectivity index (χ0) is 14.3. The van der Waals surface area contributed by atoms with Gasteiger partial charge < -0.3 is 11.2 Å². The molecule has 1 aromatic rings. The molecule has 3 N–H and O–H groups in total. The third kappa shape index (κ3) is 4.24. The number of aliphatic imine (C=N–C) groups is 1. The number of nitrogens with zero attached hydrogens (tertiary/aromatic N) is 3. The van der Waals surface area contributed by atoms with Crippen molar-refractivity contribution in [1.29, 1.82) is 0 Å². The Morgan fingerprint density at radius 1 is 1.58 bits per heavy atom. The number of hydrogen-bond acceptors (Lipinski definition) is 5. The first kappa shape index (κ1) is 14.4. The number of pyridine rings is 1. The number of carbonyl (C=O) groups is 1. The minimum absolute atomic E-state index is 0.00442. The van der Waals surface area contributed by atoms with E-state index in [4.69, 9.17) is 12.3 Å². The molecule has 1 heterocycles. The molecule has 1 aromatic heterocycles. The summed E-state index contributed by atoms with van der Waals surface area (Å²) < 4.78 is 0. The van der Waals surface area contributed by atoms with Crippen LogP contribution >= 0.6 is 0 Å². The molecule has 0 aliphatic carbocycles. The van der Waals surface area contributed by atoms with Crippen molar-refractivity contribution in [3.8, 4) is 12.3 Å². The van der Waals surface area contributed by atoms with Crippen LogP contribution in [0, 0.1) is 26.2 Å². The van der Waals surface area contributed by atoms with Gasteiger partial charge in [-0.3, -0.25) is 14.8 Å². The summed E-state index contributed by atoms with van der Waals surface area (Å²) in [5.41, 5.74) is 2.30. The molecule has 0 saturated heterocycles. The molecule has 1 rings (SSSR count). The Morgan fingerprint density at radius 3 is 2.89 bits per heavy atom. The van der Waals surface area contributed by atoms with Gasteiger partial charge in [0.15, 0.2) is 5.71 Å². The minimum atomic E-state index is -0.470. The van der Waals surface area contributed by atoms with Gasteiger partial charge in [-0.25, -0.2) is 0 Å². The van der Waals surface area contributed by atoms with E-state index in [0.717, 1.165) is 11.4 Å². The fraction of sp³-hybridized carbons (Fsp3) is 0.231. The molecule has 6 nitrogen and oxygen atoms in total. The van der Waals surface area contributed by atoms with Gasteiger partial charge in [-0.05, 0) is 26.0 Å². The van der Waals surface area contributed by atoms with Crippen LogP contribution in [-0.4, -0.2) is 29.4 Å². The number of nitrogens with one attached hydrogen (secondary N) is 1. The third-order valence-corrected chi connectivity index (χ3v) is 2.25. The number of aromatic nitrogens is 1. The molecule has 0 spiro atoms. The van der Waals surface area contributed by atoms with E-state index in [1.54, 1.807) is 0 Å². The van der Waals surface area contributed by atoms with Gasteiger partial charge in [0.05, 0.1) is 24.1 Å². The molecule has 0 saturated carbocycles. The highest BCUT2D eigenvalue weighted by atomic mass is 16.1. The van der Waals surface area contributed by atoms with Crippen molar-refractivity contribution in [3.05, 3.63) is 23.5 Å². The molecule has 6 heteroatoms. The topological polar surface area (TPSA) is 92.7 Å². The standard InChI is InChI=1S/C13H15N5O/c1-4-7-15-13(19)12(18-14)8-16-11-6-5-9(2)17-10(11)3/h1,5-6,8H,7,14H2,2-3H3,(H,15,19)/b16-8?,18-12+. The van der Waals surface area contributed by atoms with E-state index in [9.17, 15) is 4.79 Å². The van der Waals surface area contributed by atoms with Crippen molar-refractivity contribution in [3.63, 3.8) is 0 Å². The van der Waals surface area contributed by atoms with Gasteiger partial charge >= 0.3 is 0 Å². The van der Waals surface area contributed by atoms with Gasteiger partial charge in [0.25, 0.3) is 5.91 Å². The lowest BCUT2D eigenvalue weighted by Gasteiger charge is -2.01. The normalized spacial score (nSPS) is 11.3. The first-order valence-corrected chi connectivity index (χ1v) is 5.56. The van der Waals surface area contributed by atoms with Crippen molar-refractivity contribution in [2.45, 2.75) is 13.8 Å². The number of hydrazone groups is 1. The van der Waals surface area contributed by atoms with Crippen molar-refractivity contribution in [1.82, 2.24) is 10.3 Å². The van der Waals surface area contributed by atoms with Crippen LogP contribution < -0.4 is 11.2 Å². The zero-order valence-corrected chi connectivity index (χ0v) is 10.8. The average Bonchev–Trinajstić information content (AvgIpc) is 2.39. The van der Waals surface area contributed by atoms with Crippen LogP contribution in [0.3, 0.4) is 0 Å². The Labute approximate surface area is 111 Å². The highest BCUT2D eigenvalue weighted by Crippen LogP contribution is 2.15. The molecule has 0 unspecified atom stereocenters. The predicted molar refractivity (Wildman–Crippen MR) is 75.3 cm³/mol. The molecule has 0 aliphatic rings. The first-order chi connectivity index (χ1) is 9.08. The van der Waals surface area contributed by atoms with E-state index in [1.807, 2.05) is 26.0 Å². The maximum atomic E-state index is 11.6. The Morgan fingerprint density at radius 2 is 2.32 bits per heavy atom. The fourth-order valence-electron chi connectivity index (χ4n) is 1.32. The summed E-state index contributed by atoms with van der Waals surface area (Å²) in [7, 11) is 0. The molecule has 0 atom stereocenters. The molecule has 0 fully saturated rings. The number of carbonyl (C=O) groups excluding carboxylic acids is 1. The Hall–Kier alpha value is -2.68. The van der Waals surface area contributed by atoms with Crippen molar-refractivity contribution in [2.24, 2.45) is 15.9 Å². The third-order valence-electron chi connectivity index (χ3n) is 2.25. The summed E-state index contributed by atoms with van der Waals surface area (Å²) in [5.74, 6) is 6.95. The summed E-state index contributed by atoms with van der Waals surface area (Å²) in [6.07, 6.45) is 6.32. The Balaban J connectivity index is 2.84. The smallest absolute Gasteiger partial charge is 0.274 e. The molecule has 0 aliphatic heterocycles. The van der Waals surface area contributed by atoms with E-state index < -0.39 is 5.91 Å². The number of aryl methyl sites for hydroxylation is 2. The second-order valence-electron chi connectivity index (χ2n) is 3.72. The summed E-state index contributed by atoms with van der Waals surface area (Å²) in [5, 5.41) is 5.82. The number of hydrogen-bond donors (Lipinski definition) is 2. The molecule has 0 bridgehead atoms. The molecule has 0 aromatic carbocycles. The van der Waals surface area contributed by atoms with Gasteiger partial charge in [-0.2, -0.15) is 5.10 Å². The van der Waals surface area contributed by atoms with E-state index in [1.165, 1.54) is 6.21 Å². The lowest BCUT2D eigenvalue weighted by atomic mass is 10.3. The Kier molecular flexibility index (Phi) is 5.23. The van der Waals surface area contributed by atoms with Gasteiger partial charge in [0.1, 0.15) is 0 Å². The first-order valence-electron chi connectivity index (χ1n) is 5.56. The molecule has 0 radical (unpaired) electrons. The maximum Gasteiger partial charge on any atom is 0.274 e. The van der Waals surface area contributed by atoms with Crippen LogP contribution in [0.5, 0.6) is 0 Å². The van der Waals surface area contributed by atoms with E-state index in [2.05, 4.69) is 26.3 Å². The van der Waals surface area contributed by atoms with Crippen molar-refractivity contribution in [2.75, 3.05) is 6.54 Å². The summed E-state index contributed by atoms with van der Waals surface area (Å²) in [4.78, 5) is 20.0. The van der Waals surface area contributed by atoms with Gasteiger partial charge in [-0.1, -0.05) is 5.92 Å². The Bertz CT molecular complexity index is 569. The summed E-state index contributed by atoms with van der Waals surface area (Å²) in [6, 6.07) is 3.64. The van der Waals surface area contributed by atoms with Crippen LogP contribution in [-0.2, 0) is 4.79 Å². The number of amides is 1. The van der Waals surface area contributed by atoms with Gasteiger partial charge in [0, 0.05) is 5.69 Å². The monoisotopic (exact) mass is 257 g/mol. The predicted octanol–water partition coefficient (Wildman–Crippen LogP) is 0.465. The van der Waals surface area contributed by atoms with Crippen LogP contribution in [0.15, 0.2) is 22.2 Å².